The van der Waals surface area contributed by atoms with Crippen molar-refractivity contribution in [3.8, 4) is 0 Å². The first kappa shape index (κ1) is 21.4. The van der Waals surface area contributed by atoms with Gasteiger partial charge in [-0.25, -0.2) is 0 Å². The Kier molecular flexibility index (Phi) is 8.49. The summed E-state index contributed by atoms with van der Waals surface area (Å²) in [5.74, 6) is 0.674. The topological polar surface area (TPSA) is 68.8 Å². The van der Waals surface area contributed by atoms with Gasteiger partial charge < -0.3 is 20.9 Å². The molecule has 0 fully saturated rings. The van der Waals surface area contributed by atoms with Crippen LogP contribution in [0, 0.1) is 6.92 Å². The molecule has 0 heterocycles. The Balaban J connectivity index is 1.86. The van der Waals surface area contributed by atoms with Gasteiger partial charge >= 0.3 is 0 Å². The van der Waals surface area contributed by atoms with Crippen LogP contribution in [0.3, 0.4) is 0 Å². The Labute approximate surface area is 168 Å². The van der Waals surface area contributed by atoms with Crippen LogP contribution in [0.5, 0.6) is 0 Å². The van der Waals surface area contributed by atoms with Gasteiger partial charge in [0.25, 0.3) is 5.91 Å². The first-order chi connectivity index (χ1) is 13.5. The lowest BCUT2D eigenvalue weighted by molar-refractivity contribution is 0.0951. The molecule has 0 aromatic heterocycles. The number of carbonyl (C=O) groups excluding carboxylic acids is 1. The number of carbonyl (C=O) groups is 1. The van der Waals surface area contributed by atoms with Gasteiger partial charge in [-0.15, -0.1) is 0 Å². The van der Waals surface area contributed by atoms with E-state index in [9.17, 15) is 4.79 Å². The second-order valence-corrected chi connectivity index (χ2v) is 7.03. The maximum atomic E-state index is 12.3. The van der Waals surface area contributed by atoms with Crippen LogP contribution in [0.25, 0.3) is 0 Å². The van der Waals surface area contributed by atoms with Crippen LogP contribution >= 0.6 is 0 Å². The first-order valence-electron chi connectivity index (χ1n) is 9.50. The molecule has 1 amide bonds. The molecule has 0 aliphatic rings. The molecule has 0 saturated carbocycles. The Bertz CT molecular complexity index is 801. The Hall–Kier alpha value is -2.86. The maximum absolute atomic E-state index is 12.3. The predicted molar refractivity (Wildman–Crippen MR) is 116 cm³/mol. The number of aliphatic imine (C=N–C) groups is 1. The summed E-state index contributed by atoms with van der Waals surface area (Å²) in [6.07, 6.45) is 0. The van der Waals surface area contributed by atoms with E-state index in [2.05, 4.69) is 52.1 Å². The third kappa shape index (κ3) is 7.40. The zero-order chi connectivity index (χ0) is 20.4. The average Bonchev–Trinajstić information content (AvgIpc) is 2.68. The molecule has 2 aromatic rings. The summed E-state index contributed by atoms with van der Waals surface area (Å²) in [7, 11) is 5.72. The smallest absolute Gasteiger partial charge is 0.251 e. The van der Waals surface area contributed by atoms with Crippen LogP contribution in [-0.2, 0) is 13.1 Å². The lowest BCUT2D eigenvalue weighted by Gasteiger charge is -2.13. The molecule has 0 unspecified atom stereocenters. The molecule has 6 nitrogen and oxygen atoms in total. The molecule has 0 atom stereocenters. The lowest BCUT2D eigenvalue weighted by Crippen LogP contribution is -2.36. The van der Waals surface area contributed by atoms with Crippen LogP contribution in [0.1, 0.15) is 27.0 Å². The summed E-state index contributed by atoms with van der Waals surface area (Å²) in [6.45, 7) is 4.82. The second-order valence-electron chi connectivity index (χ2n) is 7.03. The third-order valence-corrected chi connectivity index (χ3v) is 4.26. The summed E-state index contributed by atoms with van der Waals surface area (Å²) in [5.41, 5.74) is 4.14. The summed E-state index contributed by atoms with van der Waals surface area (Å²) < 4.78 is 0. The van der Waals surface area contributed by atoms with Crippen molar-refractivity contribution in [2.75, 3.05) is 34.2 Å². The zero-order valence-electron chi connectivity index (χ0n) is 17.2. The van der Waals surface area contributed by atoms with Gasteiger partial charge in [0.1, 0.15) is 0 Å². The van der Waals surface area contributed by atoms with E-state index in [1.807, 2.05) is 43.3 Å². The van der Waals surface area contributed by atoms with Gasteiger partial charge in [0.05, 0.1) is 0 Å². The number of hydrogen-bond acceptors (Lipinski definition) is 3. The standard InChI is InChI=1S/C22H31N5O/c1-17-7-5-8-18(13-17)15-25-22(23-2)26-16-19-9-6-10-20(14-19)21(28)24-11-12-27(3)4/h5-10,13-14H,11-12,15-16H2,1-4H3,(H,24,28)(H2,23,25,26). The van der Waals surface area contributed by atoms with Crippen LogP contribution in [-0.4, -0.2) is 51.0 Å². The van der Waals surface area contributed by atoms with E-state index in [0.29, 0.717) is 25.2 Å². The fourth-order valence-corrected chi connectivity index (χ4v) is 2.73. The Morgan fingerprint density at radius 1 is 0.964 bits per heavy atom. The summed E-state index contributed by atoms with van der Waals surface area (Å²) >= 11 is 0. The molecular weight excluding hydrogens is 350 g/mol. The normalized spacial score (nSPS) is 11.4. The molecule has 0 saturated heterocycles. The third-order valence-electron chi connectivity index (χ3n) is 4.26. The highest BCUT2D eigenvalue weighted by atomic mass is 16.1. The van der Waals surface area contributed by atoms with Crippen LogP contribution < -0.4 is 16.0 Å². The van der Waals surface area contributed by atoms with Gasteiger partial charge in [-0.2, -0.15) is 0 Å². The molecule has 0 radical (unpaired) electrons. The summed E-state index contributed by atoms with van der Waals surface area (Å²) in [4.78, 5) is 18.6. The molecule has 2 rings (SSSR count). The van der Waals surface area contributed by atoms with E-state index >= 15 is 0 Å². The van der Waals surface area contributed by atoms with Gasteiger partial charge in [0.2, 0.25) is 0 Å². The van der Waals surface area contributed by atoms with Gasteiger partial charge in [0, 0.05) is 38.8 Å². The van der Waals surface area contributed by atoms with Gasteiger partial charge in [-0.1, -0.05) is 42.0 Å². The van der Waals surface area contributed by atoms with E-state index in [0.717, 1.165) is 18.1 Å². The van der Waals surface area contributed by atoms with Crippen molar-refractivity contribution in [1.82, 2.24) is 20.9 Å². The minimum absolute atomic E-state index is 0.0503. The van der Waals surface area contributed by atoms with Crippen molar-refractivity contribution in [2.24, 2.45) is 4.99 Å². The SMILES string of the molecule is CN=C(NCc1cccc(C)c1)NCc1cccc(C(=O)NCCN(C)C)c1. The van der Waals surface area contributed by atoms with E-state index < -0.39 is 0 Å². The average molecular weight is 382 g/mol. The number of aryl methyl sites for hydroxylation is 1. The first-order valence-corrected chi connectivity index (χ1v) is 9.50. The van der Waals surface area contributed by atoms with Crippen molar-refractivity contribution in [3.63, 3.8) is 0 Å². The number of benzene rings is 2. The molecule has 2 aromatic carbocycles. The number of amides is 1. The monoisotopic (exact) mass is 381 g/mol. The van der Waals surface area contributed by atoms with E-state index in [1.165, 1.54) is 11.1 Å². The molecule has 0 aliphatic carbocycles. The highest BCUT2D eigenvalue weighted by Crippen LogP contribution is 2.06. The maximum Gasteiger partial charge on any atom is 0.251 e. The van der Waals surface area contributed by atoms with Crippen LogP contribution in [0.15, 0.2) is 53.5 Å². The number of hydrogen-bond donors (Lipinski definition) is 3. The number of guanidine groups is 1. The Morgan fingerprint density at radius 2 is 1.61 bits per heavy atom. The molecule has 6 heteroatoms. The molecule has 28 heavy (non-hydrogen) atoms. The molecule has 3 N–H and O–H groups in total. The molecular formula is C22H31N5O. The number of likely N-dealkylation sites (N-methyl/N-ethyl adjacent to an activating group) is 1. The minimum atomic E-state index is -0.0503. The van der Waals surface area contributed by atoms with E-state index in [-0.39, 0.29) is 5.91 Å². The number of nitrogens with zero attached hydrogens (tertiary/aromatic N) is 2. The van der Waals surface area contributed by atoms with Crippen LogP contribution in [0.4, 0.5) is 0 Å². The zero-order valence-corrected chi connectivity index (χ0v) is 17.2. The van der Waals surface area contributed by atoms with Crippen LogP contribution in [0.2, 0.25) is 0 Å². The van der Waals surface area contributed by atoms with Crippen molar-refractivity contribution in [2.45, 2.75) is 20.0 Å². The molecule has 0 bridgehead atoms. The van der Waals surface area contributed by atoms with E-state index in [4.69, 9.17) is 0 Å². The Morgan fingerprint density at radius 3 is 2.21 bits per heavy atom. The number of rotatable bonds is 8. The van der Waals surface area contributed by atoms with Crippen molar-refractivity contribution in [3.05, 3.63) is 70.8 Å². The predicted octanol–water partition coefficient (Wildman–Crippen LogP) is 2.15. The lowest BCUT2D eigenvalue weighted by atomic mass is 10.1. The molecule has 150 valence electrons. The fourth-order valence-electron chi connectivity index (χ4n) is 2.73. The highest BCUT2D eigenvalue weighted by molar-refractivity contribution is 5.94. The summed E-state index contributed by atoms with van der Waals surface area (Å²) in [6, 6.07) is 16.0. The van der Waals surface area contributed by atoms with Crippen molar-refractivity contribution < 1.29 is 4.79 Å². The quantitative estimate of drug-likeness (QED) is 0.484. The van der Waals surface area contributed by atoms with Gasteiger partial charge in [-0.05, 0) is 44.3 Å². The van der Waals surface area contributed by atoms with Gasteiger partial charge in [0.15, 0.2) is 5.96 Å². The molecule has 0 spiro atoms. The van der Waals surface area contributed by atoms with E-state index in [1.54, 1.807) is 7.05 Å². The fraction of sp³-hybridized carbons (Fsp3) is 0.364. The molecule has 0 aliphatic heterocycles. The second kappa shape index (κ2) is 11.1. The van der Waals surface area contributed by atoms with Crippen molar-refractivity contribution >= 4 is 11.9 Å². The minimum Gasteiger partial charge on any atom is -0.352 e. The largest absolute Gasteiger partial charge is 0.352 e. The van der Waals surface area contributed by atoms with Gasteiger partial charge in [-0.3, -0.25) is 9.79 Å². The highest BCUT2D eigenvalue weighted by Gasteiger charge is 2.06. The number of nitrogens with one attached hydrogen (secondary N) is 3. The van der Waals surface area contributed by atoms with Crippen molar-refractivity contribution in [1.29, 1.82) is 0 Å². The summed E-state index contributed by atoms with van der Waals surface area (Å²) in [5, 5.41) is 9.55.